The molecule has 0 amide bonds. The topological polar surface area (TPSA) is 63.6 Å². The summed E-state index contributed by atoms with van der Waals surface area (Å²) >= 11 is 0. The van der Waals surface area contributed by atoms with Crippen LogP contribution in [0.3, 0.4) is 0 Å². The van der Waals surface area contributed by atoms with Crippen LogP contribution in [-0.4, -0.2) is 19.5 Å². The summed E-state index contributed by atoms with van der Waals surface area (Å²) < 4.78 is 1.86. The number of nitrogens with one attached hydrogen (secondary N) is 1. The van der Waals surface area contributed by atoms with Gasteiger partial charge in [-0.15, -0.1) is 0 Å². The van der Waals surface area contributed by atoms with Gasteiger partial charge < -0.3 is 9.55 Å². The van der Waals surface area contributed by atoms with Crippen LogP contribution >= 0.6 is 0 Å². The van der Waals surface area contributed by atoms with E-state index in [1.165, 1.54) is 5.56 Å². The molecule has 0 unspecified atom stereocenters. The van der Waals surface area contributed by atoms with Gasteiger partial charge in [0.25, 0.3) is 5.56 Å². The first-order chi connectivity index (χ1) is 11.4. The van der Waals surface area contributed by atoms with E-state index in [9.17, 15) is 4.79 Å². The molecule has 5 nitrogen and oxygen atoms in total. The number of nitrogens with zero attached hydrogens (tertiary/aromatic N) is 3. The predicted molar refractivity (Wildman–Crippen MR) is 96.4 cm³/mol. The van der Waals surface area contributed by atoms with Gasteiger partial charge in [-0.25, -0.2) is 9.97 Å². The van der Waals surface area contributed by atoms with Crippen LogP contribution in [0.2, 0.25) is 0 Å². The van der Waals surface area contributed by atoms with Gasteiger partial charge in [0.05, 0.1) is 6.33 Å². The quantitative estimate of drug-likeness (QED) is 0.800. The molecule has 0 bridgehead atoms. The fraction of sp³-hybridized carbons (Fsp3) is 0.421. The molecule has 0 radical (unpaired) electrons. The molecule has 0 aliphatic heterocycles. The van der Waals surface area contributed by atoms with Gasteiger partial charge >= 0.3 is 0 Å². The van der Waals surface area contributed by atoms with E-state index in [0.717, 1.165) is 18.4 Å². The highest BCUT2D eigenvalue weighted by atomic mass is 16.1. The number of hydrogen-bond donors (Lipinski definition) is 1. The van der Waals surface area contributed by atoms with Crippen molar-refractivity contribution in [1.82, 2.24) is 19.5 Å². The molecule has 126 valence electrons. The lowest BCUT2D eigenvalue weighted by Gasteiger charge is -2.19. The Hall–Kier alpha value is -2.43. The van der Waals surface area contributed by atoms with E-state index in [1.807, 2.05) is 4.57 Å². The summed E-state index contributed by atoms with van der Waals surface area (Å²) in [6.07, 6.45) is 3.39. The van der Waals surface area contributed by atoms with Gasteiger partial charge in [-0.2, -0.15) is 0 Å². The molecular weight excluding hydrogens is 300 g/mol. The molecule has 0 saturated heterocycles. The van der Waals surface area contributed by atoms with Crippen LogP contribution in [0.5, 0.6) is 0 Å². The first kappa shape index (κ1) is 16.4. The third-order valence-electron chi connectivity index (χ3n) is 4.19. The monoisotopic (exact) mass is 324 g/mol. The van der Waals surface area contributed by atoms with Gasteiger partial charge in [0.15, 0.2) is 11.2 Å². The van der Waals surface area contributed by atoms with Crippen LogP contribution in [-0.2, 0) is 18.4 Å². The van der Waals surface area contributed by atoms with E-state index >= 15 is 0 Å². The molecule has 0 spiro atoms. The molecule has 0 saturated carbocycles. The van der Waals surface area contributed by atoms with Crippen molar-refractivity contribution >= 4 is 11.2 Å². The second-order valence-corrected chi connectivity index (χ2v) is 7.25. The van der Waals surface area contributed by atoms with Crippen LogP contribution in [0.1, 0.15) is 51.1 Å². The molecule has 0 atom stereocenters. The molecule has 0 aliphatic carbocycles. The Balaban J connectivity index is 1.92. The maximum absolute atomic E-state index is 12.4. The number of rotatable bonds is 4. The maximum atomic E-state index is 12.4. The summed E-state index contributed by atoms with van der Waals surface area (Å²) in [7, 11) is 0. The van der Waals surface area contributed by atoms with Crippen LogP contribution in [0.25, 0.3) is 11.2 Å². The maximum Gasteiger partial charge on any atom is 0.277 e. The minimum absolute atomic E-state index is 0.118. The molecular formula is C19H24N4O. The Kier molecular flexibility index (Phi) is 4.26. The standard InChI is InChI=1S/C19H24N4O/c1-5-6-15-21-17-16(18(24)22-15)23(12-20-17)11-13-7-9-14(10-8-13)19(2,3)4/h7-10,12H,5-6,11H2,1-4H3,(H,21,22,24). The van der Waals surface area contributed by atoms with Gasteiger partial charge in [-0.1, -0.05) is 52.0 Å². The Morgan fingerprint density at radius 3 is 2.50 bits per heavy atom. The number of hydrogen-bond acceptors (Lipinski definition) is 3. The highest BCUT2D eigenvalue weighted by Gasteiger charge is 2.14. The van der Waals surface area contributed by atoms with Gasteiger partial charge in [0.1, 0.15) is 5.82 Å². The SMILES string of the molecule is CCCc1nc2ncn(Cc3ccc(C(C)(C)C)cc3)c2c(=O)[nH]1. The Morgan fingerprint density at radius 2 is 1.88 bits per heavy atom. The van der Waals surface area contributed by atoms with E-state index in [4.69, 9.17) is 0 Å². The zero-order chi connectivity index (χ0) is 17.3. The summed E-state index contributed by atoms with van der Waals surface area (Å²) in [4.78, 5) is 24.0. The predicted octanol–water partition coefficient (Wildman–Crippen LogP) is 3.42. The van der Waals surface area contributed by atoms with Crippen molar-refractivity contribution in [1.29, 1.82) is 0 Å². The fourth-order valence-corrected chi connectivity index (χ4v) is 2.81. The highest BCUT2D eigenvalue weighted by molar-refractivity contribution is 5.69. The lowest BCUT2D eigenvalue weighted by atomic mass is 9.87. The van der Waals surface area contributed by atoms with Crippen molar-refractivity contribution in [2.45, 2.75) is 52.5 Å². The van der Waals surface area contributed by atoms with Crippen molar-refractivity contribution in [3.8, 4) is 0 Å². The van der Waals surface area contributed by atoms with Gasteiger partial charge in [-0.05, 0) is 23.0 Å². The molecule has 5 heteroatoms. The second kappa shape index (κ2) is 6.23. The summed E-state index contributed by atoms with van der Waals surface area (Å²) in [5.74, 6) is 0.704. The number of fused-ring (bicyclic) bond motifs is 1. The van der Waals surface area contributed by atoms with Crippen molar-refractivity contribution in [2.24, 2.45) is 0 Å². The summed E-state index contributed by atoms with van der Waals surface area (Å²) in [5.41, 5.74) is 3.51. The highest BCUT2D eigenvalue weighted by Crippen LogP contribution is 2.22. The van der Waals surface area contributed by atoms with Crippen LogP contribution in [0, 0.1) is 0 Å². The molecule has 1 N–H and O–H groups in total. The minimum Gasteiger partial charge on any atom is -0.320 e. The summed E-state index contributed by atoms with van der Waals surface area (Å²) in [6.45, 7) is 9.27. The molecule has 24 heavy (non-hydrogen) atoms. The van der Waals surface area contributed by atoms with Crippen molar-refractivity contribution in [3.63, 3.8) is 0 Å². The lowest BCUT2D eigenvalue weighted by Crippen LogP contribution is -2.15. The van der Waals surface area contributed by atoms with E-state index in [-0.39, 0.29) is 11.0 Å². The average molecular weight is 324 g/mol. The zero-order valence-electron chi connectivity index (χ0n) is 14.8. The Labute approximate surface area is 141 Å². The van der Waals surface area contributed by atoms with Crippen LogP contribution < -0.4 is 5.56 Å². The largest absolute Gasteiger partial charge is 0.320 e. The Bertz CT molecular complexity index is 898. The molecule has 3 rings (SSSR count). The zero-order valence-corrected chi connectivity index (χ0v) is 14.8. The molecule has 1 aromatic carbocycles. The second-order valence-electron chi connectivity index (χ2n) is 7.25. The number of H-pyrrole nitrogens is 1. The number of benzene rings is 1. The number of aromatic nitrogens is 4. The number of imidazole rings is 1. The number of aromatic amines is 1. The first-order valence-corrected chi connectivity index (χ1v) is 8.42. The van der Waals surface area contributed by atoms with Crippen LogP contribution in [0.4, 0.5) is 0 Å². The van der Waals surface area contributed by atoms with Crippen molar-refractivity contribution in [3.05, 3.63) is 57.9 Å². The van der Waals surface area contributed by atoms with Gasteiger partial charge in [-0.3, -0.25) is 4.79 Å². The van der Waals surface area contributed by atoms with Gasteiger partial charge in [0.2, 0.25) is 0 Å². The smallest absolute Gasteiger partial charge is 0.277 e. The summed E-state index contributed by atoms with van der Waals surface area (Å²) in [5, 5.41) is 0. The van der Waals surface area contributed by atoms with E-state index in [0.29, 0.717) is 23.5 Å². The first-order valence-electron chi connectivity index (χ1n) is 8.42. The normalized spacial score (nSPS) is 12.0. The van der Waals surface area contributed by atoms with E-state index < -0.39 is 0 Å². The molecule has 2 aromatic heterocycles. The fourth-order valence-electron chi connectivity index (χ4n) is 2.81. The average Bonchev–Trinajstić information content (AvgIpc) is 2.90. The van der Waals surface area contributed by atoms with Crippen molar-refractivity contribution < 1.29 is 0 Å². The summed E-state index contributed by atoms with van der Waals surface area (Å²) in [6, 6.07) is 8.52. The minimum atomic E-state index is -0.118. The van der Waals surface area contributed by atoms with Crippen molar-refractivity contribution in [2.75, 3.05) is 0 Å². The molecule has 0 aliphatic rings. The molecule has 0 fully saturated rings. The lowest BCUT2D eigenvalue weighted by molar-refractivity contribution is 0.590. The van der Waals surface area contributed by atoms with E-state index in [2.05, 4.69) is 66.9 Å². The van der Waals surface area contributed by atoms with Crippen LogP contribution in [0.15, 0.2) is 35.4 Å². The molecule has 3 aromatic rings. The van der Waals surface area contributed by atoms with Gasteiger partial charge in [0, 0.05) is 13.0 Å². The Morgan fingerprint density at radius 1 is 1.17 bits per heavy atom. The van der Waals surface area contributed by atoms with E-state index in [1.54, 1.807) is 6.33 Å². The third-order valence-corrected chi connectivity index (χ3v) is 4.19. The number of aryl methyl sites for hydroxylation is 1. The third kappa shape index (κ3) is 3.25. The molecule has 2 heterocycles.